The summed E-state index contributed by atoms with van der Waals surface area (Å²) in [5.74, 6) is 0.794. The van der Waals surface area contributed by atoms with Crippen LogP contribution in [0.25, 0.3) is 11.4 Å². The van der Waals surface area contributed by atoms with Gasteiger partial charge >= 0.3 is 0 Å². The molecule has 3 rings (SSSR count). The van der Waals surface area contributed by atoms with Gasteiger partial charge in [-0.3, -0.25) is 5.10 Å². The summed E-state index contributed by atoms with van der Waals surface area (Å²) in [6, 6.07) is 3.41. The Balaban J connectivity index is 1.89. The van der Waals surface area contributed by atoms with E-state index in [1.54, 1.807) is 6.07 Å². The molecule has 0 spiro atoms. The quantitative estimate of drug-likeness (QED) is 0.785. The van der Waals surface area contributed by atoms with Crippen molar-refractivity contribution in [3.63, 3.8) is 0 Å². The summed E-state index contributed by atoms with van der Waals surface area (Å²) in [5.41, 5.74) is 6.29. The largest absolute Gasteiger partial charge is 0.368 e. The second-order valence-electron chi connectivity index (χ2n) is 5.20. The van der Waals surface area contributed by atoms with Crippen molar-refractivity contribution >= 4 is 11.8 Å². The van der Waals surface area contributed by atoms with Gasteiger partial charge in [-0.05, 0) is 19.5 Å². The van der Waals surface area contributed by atoms with Gasteiger partial charge in [0.25, 0.3) is 6.43 Å². The standard InChI is InChI=1S/C13H17F2N7/c1-17-7-2-3-22(6-7)11-5-8(18-13(16)19-11)9-4-10(12(14)15)21-20-9/h4-5,7,12,17H,2-3,6H2,1H3,(H,20,21)(H2,16,18,19)/t7-/m1/s1. The van der Waals surface area contributed by atoms with Gasteiger partial charge in [-0.2, -0.15) is 10.1 Å². The maximum absolute atomic E-state index is 12.6. The molecule has 0 radical (unpaired) electrons. The molecule has 0 unspecified atom stereocenters. The minimum atomic E-state index is -2.63. The molecule has 1 fully saturated rings. The fourth-order valence-corrected chi connectivity index (χ4v) is 2.54. The Morgan fingerprint density at radius 2 is 2.23 bits per heavy atom. The van der Waals surface area contributed by atoms with E-state index in [0.29, 0.717) is 23.2 Å². The van der Waals surface area contributed by atoms with Gasteiger partial charge in [0.15, 0.2) is 0 Å². The Hall–Kier alpha value is -2.29. The van der Waals surface area contributed by atoms with Crippen LogP contribution in [0, 0.1) is 0 Å². The zero-order valence-corrected chi connectivity index (χ0v) is 12.1. The topological polar surface area (TPSA) is 95.8 Å². The van der Waals surface area contributed by atoms with Gasteiger partial charge in [0.05, 0.1) is 11.4 Å². The lowest BCUT2D eigenvalue weighted by atomic mass is 10.2. The van der Waals surface area contributed by atoms with Crippen LogP contribution in [0.4, 0.5) is 20.5 Å². The highest BCUT2D eigenvalue weighted by Gasteiger charge is 2.23. The smallest absolute Gasteiger partial charge is 0.282 e. The second-order valence-corrected chi connectivity index (χ2v) is 5.20. The Morgan fingerprint density at radius 1 is 1.41 bits per heavy atom. The first-order chi connectivity index (χ1) is 10.6. The number of anilines is 2. The number of H-pyrrole nitrogens is 1. The summed E-state index contributed by atoms with van der Waals surface area (Å²) in [6.07, 6.45) is -1.62. The zero-order chi connectivity index (χ0) is 15.7. The van der Waals surface area contributed by atoms with Gasteiger partial charge in [0.1, 0.15) is 11.5 Å². The first-order valence-electron chi connectivity index (χ1n) is 6.97. The van der Waals surface area contributed by atoms with E-state index in [1.165, 1.54) is 6.07 Å². The minimum Gasteiger partial charge on any atom is -0.368 e. The SMILES string of the molecule is CN[C@@H]1CCN(c2cc(-c3cc(C(F)F)n[nH]3)nc(N)n2)C1. The molecule has 0 saturated carbocycles. The van der Waals surface area contributed by atoms with Crippen molar-refractivity contribution in [2.75, 3.05) is 30.8 Å². The molecule has 0 aromatic carbocycles. The van der Waals surface area contributed by atoms with Crippen LogP contribution in [0.2, 0.25) is 0 Å². The third-order valence-corrected chi connectivity index (χ3v) is 3.75. The van der Waals surface area contributed by atoms with Crippen molar-refractivity contribution in [2.24, 2.45) is 0 Å². The molecule has 2 aromatic heterocycles. The van der Waals surface area contributed by atoms with E-state index in [1.807, 2.05) is 7.05 Å². The highest BCUT2D eigenvalue weighted by atomic mass is 19.3. The number of aromatic amines is 1. The molecular weight excluding hydrogens is 292 g/mol. The third kappa shape index (κ3) is 2.84. The molecule has 118 valence electrons. The maximum Gasteiger partial charge on any atom is 0.282 e. The molecule has 1 aliphatic rings. The van der Waals surface area contributed by atoms with Crippen molar-refractivity contribution in [1.82, 2.24) is 25.5 Å². The predicted octanol–water partition coefficient (Wildman–Crippen LogP) is 1.18. The van der Waals surface area contributed by atoms with Gasteiger partial charge in [-0.1, -0.05) is 0 Å². The normalized spacial score (nSPS) is 18.4. The van der Waals surface area contributed by atoms with Crippen LogP contribution in [0.5, 0.6) is 0 Å². The van der Waals surface area contributed by atoms with E-state index in [0.717, 1.165) is 19.5 Å². The first kappa shape index (κ1) is 14.6. The Labute approximate surface area is 125 Å². The average molecular weight is 309 g/mol. The van der Waals surface area contributed by atoms with E-state index in [-0.39, 0.29) is 11.6 Å². The zero-order valence-electron chi connectivity index (χ0n) is 12.1. The highest BCUT2D eigenvalue weighted by molar-refractivity contribution is 5.61. The lowest BCUT2D eigenvalue weighted by Crippen LogP contribution is -2.30. The number of likely N-dealkylation sites (N-methyl/N-ethyl adjacent to an activating group) is 1. The number of halogens is 2. The van der Waals surface area contributed by atoms with Crippen LogP contribution in [-0.2, 0) is 0 Å². The second kappa shape index (κ2) is 5.84. The number of nitrogen functional groups attached to an aromatic ring is 1. The molecule has 0 amide bonds. The molecule has 1 saturated heterocycles. The van der Waals surface area contributed by atoms with Crippen LogP contribution in [0.1, 0.15) is 18.5 Å². The highest BCUT2D eigenvalue weighted by Crippen LogP contribution is 2.26. The van der Waals surface area contributed by atoms with Gasteiger partial charge in [0.2, 0.25) is 5.95 Å². The number of hydrogen-bond acceptors (Lipinski definition) is 6. The molecule has 4 N–H and O–H groups in total. The van der Waals surface area contributed by atoms with Crippen LogP contribution in [-0.4, -0.2) is 46.3 Å². The fourth-order valence-electron chi connectivity index (χ4n) is 2.54. The third-order valence-electron chi connectivity index (χ3n) is 3.75. The van der Waals surface area contributed by atoms with Crippen molar-refractivity contribution in [1.29, 1.82) is 0 Å². The molecule has 2 aromatic rings. The number of nitrogens with two attached hydrogens (primary N) is 1. The fraction of sp³-hybridized carbons (Fsp3) is 0.462. The molecule has 22 heavy (non-hydrogen) atoms. The molecule has 7 nitrogen and oxygen atoms in total. The monoisotopic (exact) mass is 309 g/mol. The number of aromatic nitrogens is 4. The molecular formula is C13H17F2N7. The molecule has 0 bridgehead atoms. The van der Waals surface area contributed by atoms with Crippen molar-refractivity contribution in [2.45, 2.75) is 18.9 Å². The predicted molar refractivity (Wildman–Crippen MR) is 78.7 cm³/mol. The number of hydrogen-bond donors (Lipinski definition) is 3. The summed E-state index contributed by atoms with van der Waals surface area (Å²) < 4.78 is 25.3. The van der Waals surface area contributed by atoms with E-state index in [2.05, 4.69) is 30.4 Å². The van der Waals surface area contributed by atoms with E-state index in [4.69, 9.17) is 5.73 Å². The van der Waals surface area contributed by atoms with Crippen molar-refractivity contribution in [3.8, 4) is 11.4 Å². The van der Waals surface area contributed by atoms with E-state index in [9.17, 15) is 8.78 Å². The number of alkyl halides is 2. The lowest BCUT2D eigenvalue weighted by Gasteiger charge is -2.18. The lowest BCUT2D eigenvalue weighted by molar-refractivity contribution is 0.146. The summed E-state index contributed by atoms with van der Waals surface area (Å²) in [5, 5.41) is 9.36. The number of nitrogens with zero attached hydrogens (tertiary/aromatic N) is 4. The Bertz CT molecular complexity index is 658. The summed E-state index contributed by atoms with van der Waals surface area (Å²) in [6.45, 7) is 1.67. The van der Waals surface area contributed by atoms with Crippen LogP contribution >= 0.6 is 0 Å². The molecule has 9 heteroatoms. The van der Waals surface area contributed by atoms with E-state index >= 15 is 0 Å². The van der Waals surface area contributed by atoms with Crippen LogP contribution in [0.3, 0.4) is 0 Å². The molecule has 1 aliphatic heterocycles. The summed E-state index contributed by atoms with van der Waals surface area (Å²) in [7, 11) is 1.92. The van der Waals surface area contributed by atoms with Gasteiger partial charge in [-0.15, -0.1) is 0 Å². The van der Waals surface area contributed by atoms with Gasteiger partial charge in [0, 0.05) is 25.2 Å². The van der Waals surface area contributed by atoms with Crippen LogP contribution < -0.4 is 16.0 Å². The summed E-state index contributed by atoms with van der Waals surface area (Å²) in [4.78, 5) is 10.4. The number of nitrogens with one attached hydrogen (secondary N) is 2. The average Bonchev–Trinajstić information content (AvgIpc) is 3.16. The molecule has 3 heterocycles. The summed E-state index contributed by atoms with van der Waals surface area (Å²) >= 11 is 0. The Kier molecular flexibility index (Phi) is 3.88. The van der Waals surface area contributed by atoms with Crippen molar-refractivity contribution < 1.29 is 8.78 Å². The van der Waals surface area contributed by atoms with Crippen molar-refractivity contribution in [3.05, 3.63) is 17.8 Å². The molecule has 1 atom stereocenters. The minimum absolute atomic E-state index is 0.105. The van der Waals surface area contributed by atoms with Crippen LogP contribution in [0.15, 0.2) is 12.1 Å². The van der Waals surface area contributed by atoms with E-state index < -0.39 is 6.43 Å². The Morgan fingerprint density at radius 3 is 2.86 bits per heavy atom. The maximum atomic E-state index is 12.6. The first-order valence-corrected chi connectivity index (χ1v) is 6.97. The van der Waals surface area contributed by atoms with Gasteiger partial charge in [-0.25, -0.2) is 13.8 Å². The molecule has 0 aliphatic carbocycles. The van der Waals surface area contributed by atoms with Gasteiger partial charge < -0.3 is 16.0 Å². The number of rotatable bonds is 4.